The van der Waals surface area contributed by atoms with E-state index in [1.807, 2.05) is 18.2 Å². The second kappa shape index (κ2) is 7.73. The lowest BCUT2D eigenvalue weighted by Crippen LogP contribution is -2.17. The van der Waals surface area contributed by atoms with E-state index in [1.54, 1.807) is 6.08 Å². The Hall–Kier alpha value is -1.77. The first kappa shape index (κ1) is 14.6. The van der Waals surface area contributed by atoms with Crippen molar-refractivity contribution >= 4 is 17.7 Å². The van der Waals surface area contributed by atoms with Crippen LogP contribution in [-0.2, 0) is 9.53 Å². The second-order valence-electron chi connectivity index (χ2n) is 5.33. The number of carbonyl (C=O) groups excluding carboxylic acids is 1. The van der Waals surface area contributed by atoms with Gasteiger partial charge in [-0.15, -0.1) is 0 Å². The summed E-state index contributed by atoms with van der Waals surface area (Å²) in [7, 11) is 1.39. The molecule has 3 heteroatoms. The Morgan fingerprint density at radius 3 is 2.80 bits per heavy atom. The minimum Gasteiger partial charge on any atom is -0.466 e. The minimum absolute atomic E-state index is 0.327. The quantitative estimate of drug-likeness (QED) is 0.654. The molecule has 0 spiro atoms. The van der Waals surface area contributed by atoms with Crippen LogP contribution in [0.2, 0.25) is 0 Å². The van der Waals surface area contributed by atoms with Crippen molar-refractivity contribution in [3.05, 3.63) is 35.9 Å². The molecule has 1 saturated carbocycles. The predicted molar refractivity (Wildman–Crippen MR) is 82.6 cm³/mol. The molecule has 20 heavy (non-hydrogen) atoms. The van der Waals surface area contributed by atoms with Crippen molar-refractivity contribution in [2.24, 2.45) is 5.92 Å². The highest BCUT2D eigenvalue weighted by Crippen LogP contribution is 2.25. The van der Waals surface area contributed by atoms with Gasteiger partial charge in [0.15, 0.2) is 0 Å². The Morgan fingerprint density at radius 1 is 1.30 bits per heavy atom. The zero-order valence-electron chi connectivity index (χ0n) is 12.1. The van der Waals surface area contributed by atoms with Crippen LogP contribution in [0.3, 0.4) is 0 Å². The van der Waals surface area contributed by atoms with Crippen molar-refractivity contribution in [1.82, 2.24) is 0 Å². The number of para-hydroxylation sites is 1. The van der Waals surface area contributed by atoms with Crippen LogP contribution in [0.15, 0.2) is 30.3 Å². The maximum Gasteiger partial charge on any atom is 0.330 e. The standard InChI is InChI=1S/C17H23NO2/c1-20-17(19)12-11-15-9-5-6-10-16(15)18-13-14-7-3-2-4-8-14/h5-6,9-12,14,18H,2-4,7-8,13H2,1H3/b12-11+. The molecule has 2 rings (SSSR count). The first-order chi connectivity index (χ1) is 9.79. The average molecular weight is 273 g/mol. The van der Waals surface area contributed by atoms with E-state index >= 15 is 0 Å². The fraction of sp³-hybridized carbons (Fsp3) is 0.471. The normalized spacial score (nSPS) is 16.2. The van der Waals surface area contributed by atoms with Crippen LogP contribution in [0.4, 0.5) is 5.69 Å². The van der Waals surface area contributed by atoms with E-state index in [-0.39, 0.29) is 5.97 Å². The van der Waals surface area contributed by atoms with Crippen LogP contribution < -0.4 is 5.32 Å². The van der Waals surface area contributed by atoms with Crippen LogP contribution in [0.1, 0.15) is 37.7 Å². The summed E-state index contributed by atoms with van der Waals surface area (Å²) < 4.78 is 4.62. The molecule has 0 radical (unpaired) electrons. The lowest BCUT2D eigenvalue weighted by molar-refractivity contribution is -0.134. The molecular weight excluding hydrogens is 250 g/mol. The summed E-state index contributed by atoms with van der Waals surface area (Å²) in [5.41, 5.74) is 2.10. The van der Waals surface area contributed by atoms with Gasteiger partial charge in [-0.1, -0.05) is 37.5 Å². The number of hydrogen-bond donors (Lipinski definition) is 1. The Labute approximate surface area is 121 Å². The van der Waals surface area contributed by atoms with Crippen LogP contribution in [0.25, 0.3) is 6.08 Å². The fourth-order valence-corrected chi connectivity index (χ4v) is 2.67. The molecule has 0 saturated heterocycles. The van der Waals surface area contributed by atoms with E-state index < -0.39 is 0 Å². The topological polar surface area (TPSA) is 38.3 Å². The largest absolute Gasteiger partial charge is 0.466 e. The Balaban J connectivity index is 1.96. The van der Waals surface area contributed by atoms with Gasteiger partial charge in [0.25, 0.3) is 0 Å². The van der Waals surface area contributed by atoms with Crippen LogP contribution in [0.5, 0.6) is 0 Å². The van der Waals surface area contributed by atoms with Gasteiger partial charge < -0.3 is 10.1 Å². The third-order valence-electron chi connectivity index (χ3n) is 3.87. The molecule has 0 aliphatic heterocycles. The van der Waals surface area contributed by atoms with Crippen molar-refractivity contribution in [3.63, 3.8) is 0 Å². The molecule has 1 fully saturated rings. The molecule has 0 amide bonds. The molecule has 3 nitrogen and oxygen atoms in total. The number of benzene rings is 1. The zero-order chi connectivity index (χ0) is 14.2. The van der Waals surface area contributed by atoms with Gasteiger partial charge in [-0.3, -0.25) is 0 Å². The summed E-state index contributed by atoms with van der Waals surface area (Å²) in [5.74, 6) is 0.452. The van der Waals surface area contributed by atoms with Gasteiger partial charge in [0.2, 0.25) is 0 Å². The number of esters is 1. The summed E-state index contributed by atoms with van der Waals surface area (Å²) in [5, 5.41) is 3.52. The van der Waals surface area contributed by atoms with E-state index in [0.29, 0.717) is 0 Å². The molecule has 0 atom stereocenters. The van der Waals surface area contributed by atoms with Gasteiger partial charge in [0.1, 0.15) is 0 Å². The maximum atomic E-state index is 11.2. The summed E-state index contributed by atoms with van der Waals surface area (Å²) in [4.78, 5) is 11.2. The molecule has 108 valence electrons. The molecule has 0 heterocycles. The lowest BCUT2D eigenvalue weighted by atomic mass is 9.89. The lowest BCUT2D eigenvalue weighted by Gasteiger charge is -2.22. The summed E-state index contributed by atoms with van der Waals surface area (Å²) >= 11 is 0. The monoisotopic (exact) mass is 273 g/mol. The van der Waals surface area contributed by atoms with Crippen molar-refractivity contribution in [2.45, 2.75) is 32.1 Å². The number of hydrogen-bond acceptors (Lipinski definition) is 3. The van der Waals surface area contributed by atoms with E-state index in [4.69, 9.17) is 0 Å². The Bertz CT molecular complexity index is 462. The van der Waals surface area contributed by atoms with Gasteiger partial charge in [-0.2, -0.15) is 0 Å². The number of methoxy groups -OCH3 is 1. The SMILES string of the molecule is COC(=O)/C=C/c1ccccc1NCC1CCCCC1. The van der Waals surface area contributed by atoms with Gasteiger partial charge in [-0.25, -0.2) is 4.79 Å². The molecule has 1 aliphatic carbocycles. The first-order valence-electron chi connectivity index (χ1n) is 7.38. The highest BCUT2D eigenvalue weighted by Gasteiger charge is 2.13. The van der Waals surface area contributed by atoms with Crippen LogP contribution in [-0.4, -0.2) is 19.6 Å². The molecule has 1 aromatic carbocycles. The number of rotatable bonds is 5. The minimum atomic E-state index is -0.327. The highest BCUT2D eigenvalue weighted by atomic mass is 16.5. The van der Waals surface area contributed by atoms with Gasteiger partial charge in [0, 0.05) is 18.3 Å². The average Bonchev–Trinajstić information content (AvgIpc) is 2.52. The van der Waals surface area contributed by atoms with Gasteiger partial charge in [0.05, 0.1) is 7.11 Å². The van der Waals surface area contributed by atoms with Gasteiger partial charge in [-0.05, 0) is 36.5 Å². The number of carbonyl (C=O) groups is 1. The van der Waals surface area contributed by atoms with E-state index in [2.05, 4.69) is 16.1 Å². The van der Waals surface area contributed by atoms with Crippen molar-refractivity contribution in [3.8, 4) is 0 Å². The fourth-order valence-electron chi connectivity index (χ4n) is 2.67. The van der Waals surface area contributed by atoms with E-state index in [1.165, 1.54) is 45.3 Å². The molecular formula is C17H23NO2. The third-order valence-corrected chi connectivity index (χ3v) is 3.87. The number of anilines is 1. The van der Waals surface area contributed by atoms with E-state index in [0.717, 1.165) is 23.7 Å². The molecule has 1 N–H and O–H groups in total. The molecule has 1 aromatic rings. The number of nitrogens with one attached hydrogen (secondary N) is 1. The smallest absolute Gasteiger partial charge is 0.330 e. The van der Waals surface area contributed by atoms with E-state index in [9.17, 15) is 4.79 Å². The summed E-state index contributed by atoms with van der Waals surface area (Å²) in [6, 6.07) is 8.05. The molecule has 1 aliphatic rings. The van der Waals surface area contributed by atoms with Crippen molar-refractivity contribution in [2.75, 3.05) is 19.0 Å². The predicted octanol–water partition coefficient (Wildman–Crippen LogP) is 3.87. The maximum absolute atomic E-state index is 11.2. The van der Waals surface area contributed by atoms with Gasteiger partial charge >= 0.3 is 5.97 Å². The van der Waals surface area contributed by atoms with Crippen molar-refractivity contribution in [1.29, 1.82) is 0 Å². The first-order valence-corrected chi connectivity index (χ1v) is 7.38. The Kier molecular flexibility index (Phi) is 5.66. The summed E-state index contributed by atoms with van der Waals surface area (Å²) in [6.45, 7) is 1.02. The van der Waals surface area contributed by atoms with Crippen LogP contribution in [0, 0.1) is 5.92 Å². The number of ether oxygens (including phenoxy) is 1. The van der Waals surface area contributed by atoms with Crippen molar-refractivity contribution < 1.29 is 9.53 Å². The highest BCUT2D eigenvalue weighted by molar-refractivity contribution is 5.88. The zero-order valence-corrected chi connectivity index (χ0v) is 12.1. The summed E-state index contributed by atoms with van der Waals surface area (Å²) in [6.07, 6.45) is 10.0. The second-order valence-corrected chi connectivity index (χ2v) is 5.33. The Morgan fingerprint density at radius 2 is 2.05 bits per heavy atom. The third kappa shape index (κ3) is 4.41. The van der Waals surface area contributed by atoms with Crippen LogP contribution >= 0.6 is 0 Å². The molecule has 0 bridgehead atoms. The molecule has 0 unspecified atom stereocenters. The molecule has 0 aromatic heterocycles.